The number of rotatable bonds is 6. The monoisotopic (exact) mass is 433 g/mol. The molecular formula is C20H23N3O4S2. The van der Waals surface area contributed by atoms with Crippen LogP contribution in [0.25, 0.3) is 0 Å². The molecule has 0 radical (unpaired) electrons. The zero-order valence-corrected chi connectivity index (χ0v) is 17.7. The Morgan fingerprint density at radius 3 is 2.38 bits per heavy atom. The van der Waals surface area contributed by atoms with Crippen molar-refractivity contribution >= 4 is 25.7 Å². The maximum Gasteiger partial charge on any atom is 0.261 e. The molecule has 1 saturated carbocycles. The fraction of sp³-hybridized carbons (Fsp3) is 0.350. The van der Waals surface area contributed by atoms with E-state index in [0.29, 0.717) is 0 Å². The fourth-order valence-electron chi connectivity index (χ4n) is 3.51. The number of para-hydroxylation sites is 1. The molecule has 0 heterocycles. The first-order valence-electron chi connectivity index (χ1n) is 9.36. The van der Waals surface area contributed by atoms with Crippen LogP contribution in [0, 0.1) is 11.3 Å². The molecule has 2 aromatic carbocycles. The van der Waals surface area contributed by atoms with Crippen molar-refractivity contribution < 1.29 is 16.8 Å². The number of benzene rings is 2. The Morgan fingerprint density at radius 2 is 1.69 bits per heavy atom. The van der Waals surface area contributed by atoms with Gasteiger partial charge >= 0.3 is 0 Å². The lowest BCUT2D eigenvalue weighted by Crippen LogP contribution is -2.38. The Bertz CT molecular complexity index is 1130. The van der Waals surface area contributed by atoms with E-state index in [1.54, 1.807) is 19.2 Å². The second kappa shape index (κ2) is 8.53. The van der Waals surface area contributed by atoms with E-state index in [1.807, 2.05) is 6.07 Å². The highest BCUT2D eigenvalue weighted by atomic mass is 32.2. The van der Waals surface area contributed by atoms with Gasteiger partial charge in [0.1, 0.15) is 4.90 Å². The zero-order chi connectivity index (χ0) is 21.1. The van der Waals surface area contributed by atoms with Gasteiger partial charge in [0.25, 0.3) is 10.0 Å². The van der Waals surface area contributed by atoms with Crippen molar-refractivity contribution in [3.63, 3.8) is 0 Å². The first-order valence-corrected chi connectivity index (χ1v) is 12.3. The highest BCUT2D eigenvalue weighted by Crippen LogP contribution is 2.30. The Kier molecular flexibility index (Phi) is 6.27. The molecule has 0 atom stereocenters. The normalized spacial score (nSPS) is 15.8. The highest BCUT2D eigenvalue weighted by Gasteiger charge is 2.31. The third kappa shape index (κ3) is 4.61. The second-order valence-electron chi connectivity index (χ2n) is 7.05. The van der Waals surface area contributed by atoms with Gasteiger partial charge in [-0.3, -0.25) is 4.72 Å². The van der Waals surface area contributed by atoms with Crippen molar-refractivity contribution in [2.75, 3.05) is 11.8 Å². The van der Waals surface area contributed by atoms with E-state index in [1.165, 1.54) is 40.7 Å². The van der Waals surface area contributed by atoms with E-state index >= 15 is 0 Å². The van der Waals surface area contributed by atoms with Crippen LogP contribution in [0.2, 0.25) is 0 Å². The highest BCUT2D eigenvalue weighted by molar-refractivity contribution is 7.93. The maximum absolute atomic E-state index is 13.2. The summed E-state index contributed by atoms with van der Waals surface area (Å²) >= 11 is 0. The van der Waals surface area contributed by atoms with Crippen LogP contribution in [0.4, 0.5) is 5.69 Å². The molecule has 9 heteroatoms. The zero-order valence-electron chi connectivity index (χ0n) is 16.1. The van der Waals surface area contributed by atoms with Crippen LogP contribution >= 0.6 is 0 Å². The number of sulfonamides is 2. The molecule has 2 aromatic rings. The molecule has 29 heavy (non-hydrogen) atoms. The molecule has 0 saturated heterocycles. The summed E-state index contributed by atoms with van der Waals surface area (Å²) < 4.78 is 55.8. The molecule has 1 N–H and O–H groups in total. The molecule has 1 aliphatic rings. The van der Waals surface area contributed by atoms with Crippen LogP contribution < -0.4 is 4.72 Å². The summed E-state index contributed by atoms with van der Waals surface area (Å²) in [6, 6.07) is 13.3. The first-order chi connectivity index (χ1) is 13.8. The predicted molar refractivity (Wildman–Crippen MR) is 110 cm³/mol. The van der Waals surface area contributed by atoms with Crippen molar-refractivity contribution in [2.45, 2.75) is 47.9 Å². The molecule has 1 aliphatic carbocycles. The maximum atomic E-state index is 13.2. The van der Waals surface area contributed by atoms with E-state index in [2.05, 4.69) is 4.72 Å². The van der Waals surface area contributed by atoms with E-state index in [4.69, 9.17) is 5.26 Å². The minimum absolute atomic E-state index is 0.0162. The van der Waals surface area contributed by atoms with Crippen LogP contribution in [-0.4, -0.2) is 34.2 Å². The standard InChI is InChI=1S/C20H23N3O4S2/c1-23(17-9-3-2-4-10-17)29(26,27)20-13-6-5-12-19(20)22-28(24,25)18-11-7-8-16(14-18)15-21/h5-8,11-14,17,22H,2-4,9-10H2,1H3. The largest absolute Gasteiger partial charge is 0.278 e. The first kappa shape index (κ1) is 21.3. The number of nitrogens with one attached hydrogen (secondary N) is 1. The quantitative estimate of drug-likeness (QED) is 0.752. The SMILES string of the molecule is CN(C1CCCCC1)S(=O)(=O)c1ccccc1NS(=O)(=O)c1cccc(C#N)c1. The summed E-state index contributed by atoms with van der Waals surface area (Å²) in [5.41, 5.74) is 0.184. The van der Waals surface area contributed by atoms with E-state index < -0.39 is 20.0 Å². The summed E-state index contributed by atoms with van der Waals surface area (Å²) in [5.74, 6) is 0. The van der Waals surface area contributed by atoms with E-state index in [9.17, 15) is 16.8 Å². The average Bonchev–Trinajstić information content (AvgIpc) is 2.74. The molecule has 154 valence electrons. The fourth-order valence-corrected chi connectivity index (χ4v) is 6.26. The lowest BCUT2D eigenvalue weighted by Gasteiger charge is -2.31. The molecule has 3 rings (SSSR count). The summed E-state index contributed by atoms with van der Waals surface area (Å²) in [7, 11) is -6.40. The van der Waals surface area contributed by atoms with Gasteiger partial charge in [0, 0.05) is 13.1 Å². The number of hydrogen-bond acceptors (Lipinski definition) is 5. The van der Waals surface area contributed by atoms with Gasteiger partial charge in [-0.2, -0.15) is 9.57 Å². The predicted octanol–water partition coefficient (Wildman–Crippen LogP) is 3.31. The van der Waals surface area contributed by atoms with Gasteiger partial charge in [-0.05, 0) is 43.2 Å². The van der Waals surface area contributed by atoms with Gasteiger partial charge in [0.2, 0.25) is 10.0 Å². The third-order valence-corrected chi connectivity index (χ3v) is 8.48. The summed E-state index contributed by atoms with van der Waals surface area (Å²) in [6.07, 6.45) is 4.65. The average molecular weight is 434 g/mol. The van der Waals surface area contributed by atoms with Crippen LogP contribution in [0.5, 0.6) is 0 Å². The number of hydrogen-bond donors (Lipinski definition) is 1. The minimum Gasteiger partial charge on any atom is -0.278 e. The van der Waals surface area contributed by atoms with Crippen LogP contribution in [-0.2, 0) is 20.0 Å². The van der Waals surface area contributed by atoms with Gasteiger partial charge in [0.05, 0.1) is 22.2 Å². The molecule has 0 aromatic heterocycles. The van der Waals surface area contributed by atoms with Gasteiger partial charge in [-0.25, -0.2) is 16.8 Å². The van der Waals surface area contributed by atoms with Gasteiger partial charge < -0.3 is 0 Å². The molecule has 0 amide bonds. The molecule has 1 fully saturated rings. The van der Waals surface area contributed by atoms with Gasteiger partial charge in [0.15, 0.2) is 0 Å². The Morgan fingerprint density at radius 1 is 1.00 bits per heavy atom. The third-order valence-electron chi connectivity index (χ3n) is 5.15. The topological polar surface area (TPSA) is 107 Å². The number of nitrogens with zero attached hydrogens (tertiary/aromatic N) is 2. The Balaban J connectivity index is 1.95. The van der Waals surface area contributed by atoms with E-state index in [-0.39, 0.29) is 27.1 Å². The summed E-state index contributed by atoms with van der Waals surface area (Å²) in [6.45, 7) is 0. The molecule has 0 spiro atoms. The molecule has 7 nitrogen and oxygen atoms in total. The van der Waals surface area contributed by atoms with Crippen molar-refractivity contribution in [1.82, 2.24) is 4.31 Å². The smallest absolute Gasteiger partial charge is 0.261 e. The summed E-state index contributed by atoms with van der Waals surface area (Å²) in [4.78, 5) is -0.197. The Labute approximate surface area is 172 Å². The Hall–Kier alpha value is -2.41. The van der Waals surface area contributed by atoms with Crippen LogP contribution in [0.15, 0.2) is 58.3 Å². The van der Waals surface area contributed by atoms with Crippen molar-refractivity contribution in [3.05, 3.63) is 54.1 Å². The van der Waals surface area contributed by atoms with Crippen molar-refractivity contribution in [1.29, 1.82) is 5.26 Å². The molecule has 0 unspecified atom stereocenters. The lowest BCUT2D eigenvalue weighted by atomic mass is 9.96. The summed E-state index contributed by atoms with van der Waals surface area (Å²) in [5, 5.41) is 9.00. The number of nitriles is 1. The number of anilines is 1. The van der Waals surface area contributed by atoms with Crippen LogP contribution in [0.3, 0.4) is 0 Å². The lowest BCUT2D eigenvalue weighted by molar-refractivity contribution is 0.286. The van der Waals surface area contributed by atoms with Gasteiger partial charge in [-0.1, -0.05) is 37.5 Å². The molecule has 0 aliphatic heterocycles. The molecular weight excluding hydrogens is 410 g/mol. The van der Waals surface area contributed by atoms with Crippen molar-refractivity contribution in [2.24, 2.45) is 0 Å². The van der Waals surface area contributed by atoms with E-state index in [0.717, 1.165) is 32.1 Å². The minimum atomic E-state index is -4.06. The molecule has 0 bridgehead atoms. The van der Waals surface area contributed by atoms with Crippen molar-refractivity contribution in [3.8, 4) is 6.07 Å². The van der Waals surface area contributed by atoms with Crippen LogP contribution in [0.1, 0.15) is 37.7 Å². The van der Waals surface area contributed by atoms with Gasteiger partial charge in [-0.15, -0.1) is 0 Å². The second-order valence-corrected chi connectivity index (χ2v) is 10.7.